The Morgan fingerprint density at radius 1 is 1.21 bits per heavy atom. The van der Waals surface area contributed by atoms with Crippen LogP contribution < -0.4 is 10.1 Å². The molecule has 0 saturated carbocycles. The van der Waals surface area contributed by atoms with Crippen LogP contribution in [0.15, 0.2) is 30.3 Å². The number of aliphatic hydroxyl groups excluding tert-OH is 1. The Bertz CT molecular complexity index is 331. The van der Waals surface area contributed by atoms with Crippen molar-refractivity contribution < 1.29 is 14.6 Å². The predicted molar refractivity (Wildman–Crippen MR) is 76.5 cm³/mol. The monoisotopic (exact) mass is 267 g/mol. The fraction of sp³-hybridized carbons (Fsp3) is 0.600. The molecule has 1 aromatic rings. The van der Waals surface area contributed by atoms with Crippen LogP contribution in [-0.2, 0) is 4.74 Å². The normalized spacial score (nSPS) is 14.1. The smallest absolute Gasteiger partial charge is 0.119 e. The molecule has 0 saturated heterocycles. The molecule has 0 aliphatic rings. The van der Waals surface area contributed by atoms with Crippen LogP contribution in [-0.4, -0.2) is 43.6 Å². The summed E-state index contributed by atoms with van der Waals surface area (Å²) < 4.78 is 11.1. The van der Waals surface area contributed by atoms with Gasteiger partial charge >= 0.3 is 0 Å². The highest BCUT2D eigenvalue weighted by Gasteiger charge is 2.22. The maximum atomic E-state index is 9.37. The molecular weight excluding hydrogens is 242 g/mol. The van der Waals surface area contributed by atoms with E-state index >= 15 is 0 Å². The van der Waals surface area contributed by atoms with Crippen molar-refractivity contribution in [3.63, 3.8) is 0 Å². The van der Waals surface area contributed by atoms with Crippen molar-refractivity contribution in [2.24, 2.45) is 0 Å². The molecule has 0 spiro atoms. The summed E-state index contributed by atoms with van der Waals surface area (Å²) in [6.45, 7) is 6.49. The maximum absolute atomic E-state index is 9.37. The van der Waals surface area contributed by atoms with Crippen molar-refractivity contribution in [2.75, 3.05) is 33.0 Å². The minimum atomic E-state index is -0.372. The number of hydrogen-bond donors (Lipinski definition) is 2. The van der Waals surface area contributed by atoms with Gasteiger partial charge in [-0.15, -0.1) is 0 Å². The molecule has 0 bridgehead atoms. The molecule has 19 heavy (non-hydrogen) atoms. The number of hydrogen-bond acceptors (Lipinski definition) is 4. The lowest BCUT2D eigenvalue weighted by molar-refractivity contribution is 0.0315. The van der Waals surface area contributed by atoms with Gasteiger partial charge in [-0.1, -0.05) is 25.1 Å². The minimum Gasteiger partial charge on any atom is -0.491 e. The number of para-hydroxylation sites is 1. The summed E-state index contributed by atoms with van der Waals surface area (Å²) >= 11 is 0. The van der Waals surface area contributed by atoms with Crippen LogP contribution in [0.4, 0.5) is 0 Å². The van der Waals surface area contributed by atoms with Crippen LogP contribution >= 0.6 is 0 Å². The van der Waals surface area contributed by atoms with Gasteiger partial charge in [0.05, 0.1) is 25.4 Å². The molecular formula is C15H25NO3. The molecule has 108 valence electrons. The van der Waals surface area contributed by atoms with Crippen LogP contribution in [0.25, 0.3) is 0 Å². The molecule has 0 radical (unpaired) electrons. The Balaban J connectivity index is 2.15. The third kappa shape index (κ3) is 6.57. The van der Waals surface area contributed by atoms with Gasteiger partial charge in [-0.3, -0.25) is 0 Å². The number of ether oxygens (including phenoxy) is 2. The van der Waals surface area contributed by atoms with Crippen molar-refractivity contribution >= 4 is 0 Å². The van der Waals surface area contributed by atoms with Gasteiger partial charge < -0.3 is 19.9 Å². The summed E-state index contributed by atoms with van der Waals surface area (Å²) in [4.78, 5) is 0. The maximum Gasteiger partial charge on any atom is 0.119 e. The summed E-state index contributed by atoms with van der Waals surface area (Å²) in [5.41, 5.74) is -0.372. The van der Waals surface area contributed by atoms with Gasteiger partial charge in [0, 0.05) is 0 Å². The van der Waals surface area contributed by atoms with E-state index in [1.54, 1.807) is 0 Å². The molecule has 0 aliphatic carbocycles. The third-order valence-corrected chi connectivity index (χ3v) is 2.81. The predicted octanol–water partition coefficient (Wildman–Crippen LogP) is 1.83. The first-order valence-electron chi connectivity index (χ1n) is 6.81. The lowest BCUT2D eigenvalue weighted by Gasteiger charge is -2.28. The lowest BCUT2D eigenvalue weighted by Crippen LogP contribution is -2.50. The third-order valence-electron chi connectivity index (χ3n) is 2.81. The standard InChI is InChI=1S/C15H25NO3/c1-3-9-16-15(2,12-17)13-18-10-11-19-14-7-5-4-6-8-14/h4-8,16-17H,3,9-13H2,1-2H3. The zero-order valence-electron chi connectivity index (χ0n) is 11.9. The van der Waals surface area contributed by atoms with Crippen molar-refractivity contribution in [3.8, 4) is 5.75 Å². The molecule has 1 aromatic carbocycles. The Morgan fingerprint density at radius 2 is 1.95 bits per heavy atom. The summed E-state index contributed by atoms with van der Waals surface area (Å²) in [5, 5.41) is 12.7. The molecule has 0 amide bonds. The fourth-order valence-corrected chi connectivity index (χ4v) is 1.61. The molecule has 0 aromatic heterocycles. The number of rotatable bonds is 10. The van der Waals surface area contributed by atoms with Crippen LogP contribution in [0.5, 0.6) is 5.75 Å². The molecule has 2 N–H and O–H groups in total. The number of aliphatic hydroxyl groups is 1. The average Bonchev–Trinajstić information content (AvgIpc) is 2.46. The average molecular weight is 267 g/mol. The zero-order valence-corrected chi connectivity index (χ0v) is 11.9. The van der Waals surface area contributed by atoms with Gasteiger partial charge in [0.2, 0.25) is 0 Å². The first-order chi connectivity index (χ1) is 9.20. The Kier molecular flexibility index (Phi) is 7.48. The minimum absolute atomic E-state index is 0.0620. The van der Waals surface area contributed by atoms with Crippen LogP contribution in [0.2, 0.25) is 0 Å². The topological polar surface area (TPSA) is 50.7 Å². The summed E-state index contributed by atoms with van der Waals surface area (Å²) in [6.07, 6.45) is 1.03. The molecule has 4 heteroatoms. The van der Waals surface area contributed by atoms with E-state index in [-0.39, 0.29) is 12.1 Å². The van der Waals surface area contributed by atoms with E-state index in [4.69, 9.17) is 9.47 Å². The van der Waals surface area contributed by atoms with Crippen LogP contribution in [0.1, 0.15) is 20.3 Å². The van der Waals surface area contributed by atoms with E-state index in [9.17, 15) is 5.11 Å². The highest BCUT2D eigenvalue weighted by molar-refractivity contribution is 5.20. The second-order valence-corrected chi connectivity index (χ2v) is 4.86. The second-order valence-electron chi connectivity index (χ2n) is 4.86. The summed E-state index contributed by atoms with van der Waals surface area (Å²) in [7, 11) is 0. The largest absolute Gasteiger partial charge is 0.491 e. The van der Waals surface area contributed by atoms with Gasteiger partial charge in [0.15, 0.2) is 0 Å². The van der Waals surface area contributed by atoms with Gasteiger partial charge in [-0.05, 0) is 32.0 Å². The highest BCUT2D eigenvalue weighted by Crippen LogP contribution is 2.08. The van der Waals surface area contributed by atoms with E-state index in [0.717, 1.165) is 18.7 Å². The van der Waals surface area contributed by atoms with Crippen molar-refractivity contribution in [3.05, 3.63) is 30.3 Å². The molecule has 1 rings (SSSR count). The number of benzene rings is 1. The molecule has 0 fully saturated rings. The summed E-state index contributed by atoms with van der Waals surface area (Å²) in [6, 6.07) is 9.66. The molecule has 1 atom stereocenters. The SMILES string of the molecule is CCCNC(C)(CO)COCCOc1ccccc1. The van der Waals surface area contributed by atoms with E-state index in [1.165, 1.54) is 0 Å². The Morgan fingerprint density at radius 3 is 2.58 bits per heavy atom. The van der Waals surface area contributed by atoms with E-state index in [1.807, 2.05) is 37.3 Å². The van der Waals surface area contributed by atoms with E-state index in [2.05, 4.69) is 12.2 Å². The van der Waals surface area contributed by atoms with Crippen LogP contribution in [0, 0.1) is 0 Å². The first kappa shape index (κ1) is 16.0. The lowest BCUT2D eigenvalue weighted by atomic mass is 10.1. The van der Waals surface area contributed by atoms with Gasteiger partial charge in [-0.25, -0.2) is 0 Å². The molecule has 4 nitrogen and oxygen atoms in total. The molecule has 0 aliphatic heterocycles. The highest BCUT2D eigenvalue weighted by atomic mass is 16.5. The Labute approximate surface area is 115 Å². The van der Waals surface area contributed by atoms with E-state index < -0.39 is 0 Å². The zero-order chi connectivity index (χ0) is 14.0. The number of nitrogens with one attached hydrogen (secondary N) is 1. The Hall–Kier alpha value is -1.10. The molecule has 0 heterocycles. The van der Waals surface area contributed by atoms with E-state index in [0.29, 0.717) is 19.8 Å². The van der Waals surface area contributed by atoms with Crippen molar-refractivity contribution in [1.82, 2.24) is 5.32 Å². The van der Waals surface area contributed by atoms with Gasteiger partial charge in [0.1, 0.15) is 12.4 Å². The first-order valence-corrected chi connectivity index (χ1v) is 6.81. The summed E-state index contributed by atoms with van der Waals surface area (Å²) in [5.74, 6) is 0.847. The second kappa shape index (κ2) is 8.91. The van der Waals surface area contributed by atoms with Crippen molar-refractivity contribution in [1.29, 1.82) is 0 Å². The molecule has 1 unspecified atom stereocenters. The van der Waals surface area contributed by atoms with Gasteiger partial charge in [0.25, 0.3) is 0 Å². The fourth-order valence-electron chi connectivity index (χ4n) is 1.61. The van der Waals surface area contributed by atoms with Gasteiger partial charge in [-0.2, -0.15) is 0 Å². The van der Waals surface area contributed by atoms with Crippen LogP contribution in [0.3, 0.4) is 0 Å². The quantitative estimate of drug-likeness (QED) is 0.635. The van der Waals surface area contributed by atoms with Crippen molar-refractivity contribution in [2.45, 2.75) is 25.8 Å².